The van der Waals surface area contributed by atoms with Crippen molar-refractivity contribution in [2.75, 3.05) is 23.4 Å². The van der Waals surface area contributed by atoms with E-state index in [2.05, 4.69) is 41.1 Å². The summed E-state index contributed by atoms with van der Waals surface area (Å²) in [7, 11) is 0. The number of anilines is 2. The molecular weight excluding hydrogens is 202 g/mol. The van der Waals surface area contributed by atoms with E-state index in [4.69, 9.17) is 5.84 Å². The number of rotatable bonds is 5. The Morgan fingerprint density at radius 2 is 2.12 bits per heavy atom. The maximum absolute atomic E-state index is 5.37. The summed E-state index contributed by atoms with van der Waals surface area (Å²) in [6.45, 7) is 10.3. The lowest BCUT2D eigenvalue weighted by Gasteiger charge is -2.24. The molecule has 16 heavy (non-hydrogen) atoms. The Kier molecular flexibility index (Phi) is 4.49. The largest absolute Gasteiger partial charge is 0.356 e. The molecule has 1 heterocycles. The molecule has 0 spiro atoms. The third kappa shape index (κ3) is 3.34. The molecule has 0 aromatic carbocycles. The summed E-state index contributed by atoms with van der Waals surface area (Å²) in [6.07, 6.45) is 0. The van der Waals surface area contributed by atoms with E-state index in [0.29, 0.717) is 11.7 Å². The van der Waals surface area contributed by atoms with Crippen molar-refractivity contribution in [3.8, 4) is 0 Å². The Bertz CT molecular complexity index is 337. The Labute approximate surface area is 97.0 Å². The lowest BCUT2D eigenvalue weighted by Crippen LogP contribution is -2.28. The second kappa shape index (κ2) is 5.65. The zero-order valence-corrected chi connectivity index (χ0v) is 10.5. The van der Waals surface area contributed by atoms with Gasteiger partial charge in [0.2, 0.25) is 0 Å². The summed E-state index contributed by atoms with van der Waals surface area (Å²) in [5.41, 5.74) is 2.56. The van der Waals surface area contributed by atoms with Crippen LogP contribution in [0.15, 0.2) is 6.07 Å². The van der Waals surface area contributed by atoms with E-state index in [9.17, 15) is 0 Å². The topological polar surface area (TPSA) is 67.1 Å². The van der Waals surface area contributed by atoms with Gasteiger partial charge < -0.3 is 10.3 Å². The number of nitrogens with zero attached hydrogens (tertiary/aromatic N) is 3. The van der Waals surface area contributed by atoms with Crippen molar-refractivity contribution >= 4 is 11.6 Å². The highest BCUT2D eigenvalue weighted by Crippen LogP contribution is 2.16. The van der Waals surface area contributed by atoms with Gasteiger partial charge in [-0.25, -0.2) is 15.8 Å². The van der Waals surface area contributed by atoms with Crippen molar-refractivity contribution in [1.29, 1.82) is 0 Å². The van der Waals surface area contributed by atoms with Gasteiger partial charge in [-0.1, -0.05) is 13.8 Å². The molecule has 0 aliphatic carbocycles. The zero-order valence-electron chi connectivity index (χ0n) is 10.5. The Hall–Kier alpha value is -1.36. The number of aromatic nitrogens is 2. The van der Waals surface area contributed by atoms with Crippen LogP contribution in [-0.4, -0.2) is 23.1 Å². The molecule has 1 aromatic heterocycles. The highest BCUT2D eigenvalue weighted by Gasteiger charge is 2.09. The fourth-order valence-electron chi connectivity index (χ4n) is 1.61. The highest BCUT2D eigenvalue weighted by molar-refractivity contribution is 5.48. The molecule has 0 amide bonds. The first-order valence-electron chi connectivity index (χ1n) is 5.64. The van der Waals surface area contributed by atoms with Gasteiger partial charge in [0.1, 0.15) is 17.5 Å². The molecule has 0 bridgehead atoms. The second-order valence-corrected chi connectivity index (χ2v) is 4.24. The normalized spacial score (nSPS) is 10.6. The van der Waals surface area contributed by atoms with Crippen LogP contribution in [0.2, 0.25) is 0 Å². The van der Waals surface area contributed by atoms with Gasteiger partial charge in [0.15, 0.2) is 0 Å². The van der Waals surface area contributed by atoms with E-state index >= 15 is 0 Å². The first kappa shape index (κ1) is 12.7. The van der Waals surface area contributed by atoms with Crippen molar-refractivity contribution in [1.82, 2.24) is 9.97 Å². The third-order valence-corrected chi connectivity index (χ3v) is 2.26. The number of nitrogens with two attached hydrogens (primary N) is 1. The maximum atomic E-state index is 5.37. The Morgan fingerprint density at radius 3 is 2.62 bits per heavy atom. The summed E-state index contributed by atoms with van der Waals surface area (Å²) >= 11 is 0. The molecule has 0 unspecified atom stereocenters. The third-order valence-electron chi connectivity index (χ3n) is 2.26. The van der Waals surface area contributed by atoms with Crippen molar-refractivity contribution in [2.24, 2.45) is 11.8 Å². The molecule has 5 heteroatoms. The van der Waals surface area contributed by atoms with Crippen LogP contribution in [0.5, 0.6) is 0 Å². The van der Waals surface area contributed by atoms with E-state index < -0.39 is 0 Å². The first-order chi connectivity index (χ1) is 7.56. The van der Waals surface area contributed by atoms with Gasteiger partial charge >= 0.3 is 0 Å². The van der Waals surface area contributed by atoms with Crippen LogP contribution >= 0.6 is 0 Å². The molecule has 0 fully saturated rings. The number of hydrogen-bond acceptors (Lipinski definition) is 5. The zero-order chi connectivity index (χ0) is 12.1. The van der Waals surface area contributed by atoms with E-state index in [0.717, 1.165) is 24.7 Å². The van der Waals surface area contributed by atoms with E-state index in [1.165, 1.54) is 0 Å². The lowest BCUT2D eigenvalue weighted by molar-refractivity contribution is 0.613. The molecule has 1 aromatic rings. The molecule has 0 aliphatic rings. The summed E-state index contributed by atoms with van der Waals surface area (Å²) in [5, 5.41) is 0. The average Bonchev–Trinajstić information content (AvgIpc) is 2.24. The SMILES string of the molecule is CCN(CC(C)C)c1cc(NN)nc(C)n1. The standard InChI is InChI=1S/C11H21N5/c1-5-16(7-8(2)3)11-6-10(15-12)13-9(4)14-11/h6,8H,5,7,12H2,1-4H3,(H,13,14,15). The van der Waals surface area contributed by atoms with Gasteiger partial charge in [0.05, 0.1) is 0 Å². The number of hydrazine groups is 1. The number of nitrogen functional groups attached to an aromatic ring is 1. The van der Waals surface area contributed by atoms with Gasteiger partial charge in [-0.15, -0.1) is 0 Å². The Balaban J connectivity index is 2.95. The van der Waals surface area contributed by atoms with Crippen molar-refractivity contribution < 1.29 is 0 Å². The predicted molar refractivity (Wildman–Crippen MR) is 67.3 cm³/mol. The van der Waals surface area contributed by atoms with Crippen molar-refractivity contribution in [2.45, 2.75) is 27.7 Å². The molecule has 5 nitrogen and oxygen atoms in total. The fourth-order valence-corrected chi connectivity index (χ4v) is 1.61. The molecule has 0 saturated carbocycles. The van der Waals surface area contributed by atoms with Crippen LogP contribution in [0.1, 0.15) is 26.6 Å². The summed E-state index contributed by atoms with van der Waals surface area (Å²) in [5.74, 6) is 8.29. The second-order valence-electron chi connectivity index (χ2n) is 4.24. The van der Waals surface area contributed by atoms with E-state index in [-0.39, 0.29) is 0 Å². The molecule has 0 saturated heterocycles. The average molecular weight is 223 g/mol. The molecule has 90 valence electrons. The van der Waals surface area contributed by atoms with Crippen LogP contribution in [0, 0.1) is 12.8 Å². The smallest absolute Gasteiger partial charge is 0.145 e. The lowest BCUT2D eigenvalue weighted by atomic mass is 10.2. The van der Waals surface area contributed by atoms with Crippen LogP contribution in [-0.2, 0) is 0 Å². The van der Waals surface area contributed by atoms with Crippen LogP contribution in [0.4, 0.5) is 11.6 Å². The number of hydrogen-bond donors (Lipinski definition) is 2. The first-order valence-corrected chi connectivity index (χ1v) is 5.64. The van der Waals surface area contributed by atoms with Gasteiger partial charge in [0.25, 0.3) is 0 Å². The van der Waals surface area contributed by atoms with Crippen LogP contribution in [0.3, 0.4) is 0 Å². The quantitative estimate of drug-likeness (QED) is 0.585. The van der Waals surface area contributed by atoms with E-state index in [1.807, 2.05) is 13.0 Å². The molecular formula is C11H21N5. The summed E-state index contributed by atoms with van der Waals surface area (Å²) in [6, 6.07) is 1.87. The fraction of sp³-hybridized carbons (Fsp3) is 0.636. The molecule has 0 radical (unpaired) electrons. The van der Waals surface area contributed by atoms with Gasteiger partial charge in [-0.05, 0) is 19.8 Å². The minimum Gasteiger partial charge on any atom is -0.356 e. The predicted octanol–water partition coefficient (Wildman–Crippen LogP) is 1.55. The highest BCUT2D eigenvalue weighted by atomic mass is 15.3. The number of aryl methyl sites for hydroxylation is 1. The van der Waals surface area contributed by atoms with E-state index in [1.54, 1.807) is 0 Å². The molecule has 0 atom stereocenters. The van der Waals surface area contributed by atoms with Gasteiger partial charge in [-0.2, -0.15) is 0 Å². The van der Waals surface area contributed by atoms with Crippen LogP contribution in [0.25, 0.3) is 0 Å². The van der Waals surface area contributed by atoms with Gasteiger partial charge in [0, 0.05) is 19.2 Å². The molecule has 1 rings (SSSR count). The Morgan fingerprint density at radius 1 is 1.44 bits per heavy atom. The van der Waals surface area contributed by atoms with Crippen molar-refractivity contribution in [3.05, 3.63) is 11.9 Å². The molecule has 0 aliphatic heterocycles. The number of nitrogens with one attached hydrogen (secondary N) is 1. The van der Waals surface area contributed by atoms with Gasteiger partial charge in [-0.3, -0.25) is 0 Å². The summed E-state index contributed by atoms with van der Waals surface area (Å²) in [4.78, 5) is 10.8. The van der Waals surface area contributed by atoms with Crippen LogP contribution < -0.4 is 16.2 Å². The minimum atomic E-state index is 0.601. The maximum Gasteiger partial charge on any atom is 0.145 e. The monoisotopic (exact) mass is 223 g/mol. The molecule has 3 N–H and O–H groups in total. The minimum absolute atomic E-state index is 0.601. The summed E-state index contributed by atoms with van der Waals surface area (Å²) < 4.78 is 0. The van der Waals surface area contributed by atoms with Crippen molar-refractivity contribution in [3.63, 3.8) is 0 Å².